The summed E-state index contributed by atoms with van der Waals surface area (Å²) in [5, 5.41) is 9.94. The van der Waals surface area contributed by atoms with Crippen LogP contribution in [0.15, 0.2) is 30.3 Å². The molecule has 1 saturated carbocycles. The van der Waals surface area contributed by atoms with Crippen LogP contribution in [0.5, 0.6) is 0 Å². The van der Waals surface area contributed by atoms with Crippen LogP contribution in [0.2, 0.25) is 0 Å². The first-order valence-electron chi connectivity index (χ1n) is 7.01. The molecule has 0 aliphatic heterocycles. The van der Waals surface area contributed by atoms with Gasteiger partial charge in [-0.2, -0.15) is 0 Å². The topological polar surface area (TPSA) is 29.5 Å². The third-order valence-corrected chi connectivity index (χ3v) is 3.40. The van der Waals surface area contributed by atoms with Gasteiger partial charge in [0.25, 0.3) is 0 Å². The second kappa shape index (κ2) is 6.23. The Labute approximate surface area is 115 Å². The summed E-state index contributed by atoms with van der Waals surface area (Å²) in [4.78, 5) is 0. The van der Waals surface area contributed by atoms with E-state index in [2.05, 4.69) is 11.8 Å². The van der Waals surface area contributed by atoms with Gasteiger partial charge in [-0.3, -0.25) is 0 Å². The van der Waals surface area contributed by atoms with Crippen molar-refractivity contribution >= 4 is 0 Å². The largest absolute Gasteiger partial charge is 0.390 e. The molecule has 19 heavy (non-hydrogen) atoms. The van der Waals surface area contributed by atoms with Gasteiger partial charge in [0.15, 0.2) is 0 Å². The monoisotopic (exact) mass is 258 g/mol. The van der Waals surface area contributed by atoms with Crippen LogP contribution in [0, 0.1) is 11.8 Å². The van der Waals surface area contributed by atoms with E-state index in [0.29, 0.717) is 0 Å². The van der Waals surface area contributed by atoms with Crippen molar-refractivity contribution in [3.63, 3.8) is 0 Å². The summed E-state index contributed by atoms with van der Waals surface area (Å²) in [5.41, 5.74) is 0.460. The zero-order chi connectivity index (χ0) is 13.7. The molecule has 1 N–H and O–H groups in total. The van der Waals surface area contributed by atoms with Crippen molar-refractivity contribution in [3.05, 3.63) is 35.9 Å². The second-order valence-electron chi connectivity index (χ2n) is 5.63. The summed E-state index contributed by atoms with van der Waals surface area (Å²) in [7, 11) is 0. The molecule has 1 fully saturated rings. The van der Waals surface area contributed by atoms with Crippen molar-refractivity contribution in [2.45, 2.75) is 57.3 Å². The average Bonchev–Trinajstić information content (AvgIpc) is 2.40. The first kappa shape index (κ1) is 14.1. The summed E-state index contributed by atoms with van der Waals surface area (Å²) in [6.45, 7) is 3.93. The smallest absolute Gasteiger partial charge is 0.124 e. The quantitative estimate of drug-likeness (QED) is 0.826. The minimum Gasteiger partial charge on any atom is -0.390 e. The van der Waals surface area contributed by atoms with E-state index in [1.807, 2.05) is 44.2 Å². The van der Waals surface area contributed by atoms with Gasteiger partial charge in [0.05, 0.1) is 12.2 Å². The molecule has 0 saturated heterocycles. The number of benzene rings is 1. The van der Waals surface area contributed by atoms with E-state index in [1.165, 1.54) is 0 Å². The lowest BCUT2D eigenvalue weighted by molar-refractivity contribution is -0.108. The molecule has 0 spiro atoms. The Morgan fingerprint density at radius 2 is 1.84 bits per heavy atom. The lowest BCUT2D eigenvalue weighted by Gasteiger charge is -2.33. The zero-order valence-electron chi connectivity index (χ0n) is 11.7. The fourth-order valence-electron chi connectivity index (χ4n) is 2.37. The second-order valence-corrected chi connectivity index (χ2v) is 5.63. The molecule has 0 amide bonds. The maximum atomic E-state index is 9.94. The van der Waals surface area contributed by atoms with Crippen molar-refractivity contribution in [1.82, 2.24) is 0 Å². The van der Waals surface area contributed by atoms with Crippen LogP contribution in [-0.2, 0) is 4.74 Å². The van der Waals surface area contributed by atoms with Crippen LogP contribution < -0.4 is 0 Å². The molecule has 0 bridgehead atoms. The zero-order valence-corrected chi connectivity index (χ0v) is 11.7. The van der Waals surface area contributed by atoms with E-state index >= 15 is 0 Å². The Morgan fingerprint density at radius 1 is 1.16 bits per heavy atom. The number of ether oxygens (including phenoxy) is 1. The fourth-order valence-corrected chi connectivity index (χ4v) is 2.37. The van der Waals surface area contributed by atoms with E-state index in [1.54, 1.807) is 0 Å². The molecule has 2 atom stereocenters. The molecular weight excluding hydrogens is 236 g/mol. The minimum atomic E-state index is -0.529. The lowest BCUT2D eigenvalue weighted by Crippen LogP contribution is -2.39. The van der Waals surface area contributed by atoms with Crippen molar-refractivity contribution in [1.29, 1.82) is 0 Å². The third kappa shape index (κ3) is 4.38. The SMILES string of the molecule is CC(C)(C#Cc1ccccc1)OC1CCCCC1O. The van der Waals surface area contributed by atoms with Crippen molar-refractivity contribution in [2.24, 2.45) is 0 Å². The highest BCUT2D eigenvalue weighted by Gasteiger charge is 2.29. The molecule has 102 valence electrons. The summed E-state index contributed by atoms with van der Waals surface area (Å²) in [6.07, 6.45) is 3.58. The Morgan fingerprint density at radius 3 is 2.53 bits per heavy atom. The Kier molecular flexibility index (Phi) is 4.63. The van der Waals surface area contributed by atoms with Gasteiger partial charge in [0.2, 0.25) is 0 Å². The first-order chi connectivity index (χ1) is 9.07. The van der Waals surface area contributed by atoms with Gasteiger partial charge in [-0.25, -0.2) is 0 Å². The Hall–Kier alpha value is -1.30. The molecule has 2 rings (SSSR count). The van der Waals surface area contributed by atoms with Gasteiger partial charge < -0.3 is 9.84 Å². The van der Waals surface area contributed by atoms with Crippen LogP contribution in [0.4, 0.5) is 0 Å². The molecule has 1 aliphatic rings. The van der Waals surface area contributed by atoms with Gasteiger partial charge in [-0.05, 0) is 38.8 Å². The summed E-state index contributed by atoms with van der Waals surface area (Å²) < 4.78 is 5.99. The van der Waals surface area contributed by atoms with Crippen molar-refractivity contribution in [2.75, 3.05) is 0 Å². The van der Waals surface area contributed by atoms with E-state index in [-0.39, 0.29) is 12.2 Å². The highest BCUT2D eigenvalue weighted by Crippen LogP contribution is 2.25. The normalized spacial score (nSPS) is 23.5. The van der Waals surface area contributed by atoms with Crippen LogP contribution in [0.25, 0.3) is 0 Å². The van der Waals surface area contributed by atoms with Gasteiger partial charge in [0.1, 0.15) is 5.60 Å². The summed E-state index contributed by atoms with van der Waals surface area (Å²) in [5.74, 6) is 6.29. The highest BCUT2D eigenvalue weighted by atomic mass is 16.5. The molecule has 2 unspecified atom stereocenters. The number of aliphatic hydroxyl groups is 1. The predicted octanol–water partition coefficient (Wildman–Crippen LogP) is 3.14. The van der Waals surface area contributed by atoms with E-state index < -0.39 is 5.60 Å². The molecule has 2 nitrogen and oxygen atoms in total. The highest BCUT2D eigenvalue weighted by molar-refractivity contribution is 5.35. The van der Waals surface area contributed by atoms with Crippen LogP contribution >= 0.6 is 0 Å². The molecule has 1 aromatic rings. The van der Waals surface area contributed by atoms with E-state index in [0.717, 1.165) is 31.2 Å². The molecule has 1 aromatic carbocycles. The van der Waals surface area contributed by atoms with E-state index in [9.17, 15) is 5.11 Å². The number of rotatable bonds is 2. The number of aliphatic hydroxyl groups excluding tert-OH is 1. The van der Waals surface area contributed by atoms with Gasteiger partial charge in [-0.15, -0.1) is 0 Å². The molecular formula is C17H22O2. The lowest BCUT2D eigenvalue weighted by atomic mass is 9.94. The van der Waals surface area contributed by atoms with Gasteiger partial charge >= 0.3 is 0 Å². The number of hydrogen-bond donors (Lipinski definition) is 1. The van der Waals surface area contributed by atoms with Gasteiger partial charge in [-0.1, -0.05) is 42.9 Å². The van der Waals surface area contributed by atoms with Crippen molar-refractivity contribution < 1.29 is 9.84 Å². The van der Waals surface area contributed by atoms with Crippen LogP contribution in [-0.4, -0.2) is 22.9 Å². The summed E-state index contributed by atoms with van der Waals surface area (Å²) in [6, 6.07) is 9.90. The molecule has 2 heteroatoms. The van der Waals surface area contributed by atoms with E-state index in [4.69, 9.17) is 4.74 Å². The molecule has 0 radical (unpaired) electrons. The summed E-state index contributed by atoms with van der Waals surface area (Å²) >= 11 is 0. The van der Waals surface area contributed by atoms with Gasteiger partial charge in [0, 0.05) is 5.56 Å². The van der Waals surface area contributed by atoms with Crippen molar-refractivity contribution in [3.8, 4) is 11.8 Å². The standard InChI is InChI=1S/C17H22O2/c1-17(2,13-12-14-8-4-3-5-9-14)19-16-11-7-6-10-15(16)18/h3-5,8-9,15-16,18H,6-7,10-11H2,1-2H3. The maximum Gasteiger partial charge on any atom is 0.124 e. The Balaban J connectivity index is 2.00. The molecule has 1 aliphatic carbocycles. The number of hydrogen-bond acceptors (Lipinski definition) is 2. The third-order valence-electron chi connectivity index (χ3n) is 3.40. The first-order valence-corrected chi connectivity index (χ1v) is 7.01. The predicted molar refractivity (Wildman–Crippen MR) is 76.7 cm³/mol. The Bertz CT molecular complexity index is 453. The maximum absolute atomic E-state index is 9.94. The molecule has 0 aromatic heterocycles. The average molecular weight is 258 g/mol. The van der Waals surface area contributed by atoms with Crippen LogP contribution in [0.1, 0.15) is 45.1 Å². The minimum absolute atomic E-state index is 0.0752. The molecule has 0 heterocycles. The van der Waals surface area contributed by atoms with Crippen LogP contribution in [0.3, 0.4) is 0 Å². The fraction of sp³-hybridized carbons (Fsp3) is 0.529.